The normalized spacial score (nSPS) is 12.4. The number of para-hydroxylation sites is 1. The molecule has 3 atom stereocenters. The third-order valence-electron chi connectivity index (χ3n) is 7.22. The van der Waals surface area contributed by atoms with Crippen LogP contribution >= 0.6 is 0 Å². The number of nitrogens with one attached hydrogen (secondary N) is 4. The first-order valence-corrected chi connectivity index (χ1v) is 16.4. The lowest BCUT2D eigenvalue weighted by Crippen LogP contribution is -2.57. The first-order chi connectivity index (χ1) is 24.2. The summed E-state index contributed by atoms with van der Waals surface area (Å²) < 4.78 is 5.32. The number of carbonyl (C=O) groups excluding carboxylic acids is 4. The van der Waals surface area contributed by atoms with Gasteiger partial charge in [-0.3, -0.25) is 34.5 Å². The molecule has 0 fully saturated rings. The van der Waals surface area contributed by atoms with Gasteiger partial charge in [0, 0.05) is 18.8 Å². The molecular formula is C33H51N13O5. The second-order valence-electron chi connectivity index (χ2n) is 11.8. The highest BCUT2D eigenvalue weighted by Gasteiger charge is 2.31. The molecule has 0 saturated carbocycles. The minimum Gasteiger partial charge on any atom is -0.426 e. The van der Waals surface area contributed by atoms with Crippen molar-refractivity contribution in [3.8, 4) is 5.75 Å². The highest BCUT2D eigenvalue weighted by molar-refractivity contribution is 5.98. The third kappa shape index (κ3) is 16.8. The Morgan fingerprint density at radius 2 is 1.25 bits per heavy atom. The number of hydrogen-bond acceptors (Lipinski definition) is 9. The average Bonchev–Trinajstić information content (AvgIpc) is 3.07. The standard InChI is InChI=1S/C33H51N13O5/c1-20(2)27(46-28(48)24(10-6-16-40-31(34)35)42-19-26(47)51-23-8-4-3-5-9-23)30(50)45-25(11-7-17-41-32(36)37)29(49)44-22-14-12-21(13-15-22)18-43-33(38)39/h3-5,8-9,12-15,20,24-25,27,42H,6-7,10-11,16-19H2,1-2H3,(H,44,49)(H,45,50)(H,46,48)(H4,34,35,40)(H4,36,37,41)(H4,38,39,43)/t24-,25-,27-/m0/s1. The van der Waals surface area contributed by atoms with Gasteiger partial charge in [0.1, 0.15) is 17.8 Å². The van der Waals surface area contributed by atoms with Crippen LogP contribution in [-0.2, 0) is 25.7 Å². The first-order valence-electron chi connectivity index (χ1n) is 16.4. The van der Waals surface area contributed by atoms with E-state index >= 15 is 0 Å². The van der Waals surface area contributed by atoms with Crippen LogP contribution in [0.15, 0.2) is 69.6 Å². The second kappa shape index (κ2) is 21.9. The molecule has 0 aliphatic carbocycles. The summed E-state index contributed by atoms with van der Waals surface area (Å²) in [6.45, 7) is 3.95. The molecule has 0 spiro atoms. The van der Waals surface area contributed by atoms with Crippen LogP contribution in [0.2, 0.25) is 0 Å². The molecule has 278 valence electrons. The smallest absolute Gasteiger partial charge is 0.325 e. The van der Waals surface area contributed by atoms with E-state index in [9.17, 15) is 19.2 Å². The maximum atomic E-state index is 13.7. The van der Waals surface area contributed by atoms with Gasteiger partial charge in [0.25, 0.3) is 0 Å². The summed E-state index contributed by atoms with van der Waals surface area (Å²) in [5.74, 6) is -2.50. The molecule has 0 saturated heterocycles. The summed E-state index contributed by atoms with van der Waals surface area (Å²) in [7, 11) is 0. The lowest BCUT2D eigenvalue weighted by Gasteiger charge is -2.27. The van der Waals surface area contributed by atoms with E-state index < -0.39 is 41.8 Å². The average molecular weight is 710 g/mol. The van der Waals surface area contributed by atoms with Crippen LogP contribution in [-0.4, -0.2) is 79.3 Å². The van der Waals surface area contributed by atoms with Crippen molar-refractivity contribution in [1.29, 1.82) is 0 Å². The zero-order valence-corrected chi connectivity index (χ0v) is 29.0. The predicted octanol–water partition coefficient (Wildman–Crippen LogP) is -1.30. The van der Waals surface area contributed by atoms with Crippen molar-refractivity contribution in [2.75, 3.05) is 25.0 Å². The lowest BCUT2D eigenvalue weighted by atomic mass is 10.0. The number of hydrogen-bond donors (Lipinski definition) is 10. The number of guanidine groups is 3. The molecule has 16 N–H and O–H groups in total. The van der Waals surface area contributed by atoms with Gasteiger partial charge in [-0.1, -0.05) is 44.2 Å². The summed E-state index contributed by atoms with van der Waals surface area (Å²) in [6.07, 6.45) is 1.18. The van der Waals surface area contributed by atoms with E-state index in [1.165, 1.54) is 0 Å². The van der Waals surface area contributed by atoms with Crippen molar-refractivity contribution in [2.24, 2.45) is 55.3 Å². The van der Waals surface area contributed by atoms with E-state index in [4.69, 9.17) is 39.1 Å². The highest BCUT2D eigenvalue weighted by Crippen LogP contribution is 2.13. The topological polar surface area (TPSA) is 319 Å². The van der Waals surface area contributed by atoms with E-state index in [-0.39, 0.29) is 62.8 Å². The summed E-state index contributed by atoms with van der Waals surface area (Å²) in [4.78, 5) is 65.1. The highest BCUT2D eigenvalue weighted by atomic mass is 16.5. The Balaban J connectivity index is 2.17. The fourth-order valence-corrected chi connectivity index (χ4v) is 4.62. The van der Waals surface area contributed by atoms with Crippen LogP contribution in [0.4, 0.5) is 5.69 Å². The van der Waals surface area contributed by atoms with Gasteiger partial charge in [-0.15, -0.1) is 0 Å². The molecule has 51 heavy (non-hydrogen) atoms. The molecule has 0 heterocycles. The molecule has 0 unspecified atom stereocenters. The molecule has 18 nitrogen and oxygen atoms in total. The number of nitrogens with two attached hydrogens (primary N) is 6. The fourth-order valence-electron chi connectivity index (χ4n) is 4.62. The zero-order chi connectivity index (χ0) is 37.8. The predicted molar refractivity (Wildman–Crippen MR) is 197 cm³/mol. The van der Waals surface area contributed by atoms with Crippen LogP contribution < -0.4 is 60.4 Å². The number of ether oxygens (including phenoxy) is 1. The number of esters is 1. The van der Waals surface area contributed by atoms with Crippen LogP contribution in [0.1, 0.15) is 45.1 Å². The van der Waals surface area contributed by atoms with Crippen LogP contribution in [0.25, 0.3) is 0 Å². The SMILES string of the molecule is CC(C)[C@H](NC(=O)[C@H](CCCN=C(N)N)NCC(=O)Oc1ccccc1)C(=O)N[C@@H](CCCN=C(N)N)C(=O)Nc1ccc(CN=C(N)N)cc1. The molecule has 0 aliphatic rings. The van der Waals surface area contributed by atoms with Gasteiger partial charge in [0.05, 0.1) is 19.1 Å². The molecule has 0 aliphatic heterocycles. The van der Waals surface area contributed by atoms with Gasteiger partial charge in [-0.05, 0) is 61.4 Å². The molecule has 0 radical (unpaired) electrons. The van der Waals surface area contributed by atoms with Gasteiger partial charge >= 0.3 is 5.97 Å². The van der Waals surface area contributed by atoms with Gasteiger partial charge in [0.15, 0.2) is 17.9 Å². The van der Waals surface area contributed by atoms with Crippen molar-refractivity contribution in [3.63, 3.8) is 0 Å². The summed E-state index contributed by atoms with van der Waals surface area (Å²) in [6, 6.07) is 12.4. The quantitative estimate of drug-likeness (QED) is 0.0238. The Hall–Kier alpha value is -5.91. The molecule has 0 bridgehead atoms. The van der Waals surface area contributed by atoms with Gasteiger partial charge in [-0.25, -0.2) is 4.99 Å². The Morgan fingerprint density at radius 1 is 0.686 bits per heavy atom. The van der Waals surface area contributed by atoms with Crippen LogP contribution in [0, 0.1) is 5.92 Å². The maximum Gasteiger partial charge on any atom is 0.325 e. The number of carbonyl (C=O) groups is 4. The number of benzene rings is 2. The number of nitrogens with zero attached hydrogens (tertiary/aromatic N) is 3. The van der Waals surface area contributed by atoms with Crippen LogP contribution in [0.3, 0.4) is 0 Å². The number of aliphatic imine (C=N–C) groups is 3. The maximum absolute atomic E-state index is 13.7. The largest absolute Gasteiger partial charge is 0.426 e. The monoisotopic (exact) mass is 709 g/mol. The summed E-state index contributed by atoms with van der Waals surface area (Å²) in [5, 5.41) is 11.3. The number of anilines is 1. The zero-order valence-electron chi connectivity index (χ0n) is 29.0. The Morgan fingerprint density at radius 3 is 1.80 bits per heavy atom. The number of amides is 3. The molecule has 2 rings (SSSR count). The van der Waals surface area contributed by atoms with E-state index in [2.05, 4.69) is 36.2 Å². The lowest BCUT2D eigenvalue weighted by molar-refractivity contribution is -0.134. The molecule has 2 aromatic carbocycles. The molecular weight excluding hydrogens is 658 g/mol. The minimum absolute atomic E-state index is 0.0410. The fraction of sp³-hybridized carbons (Fsp3) is 0.424. The molecule has 0 aromatic heterocycles. The van der Waals surface area contributed by atoms with Crippen molar-refractivity contribution < 1.29 is 23.9 Å². The van der Waals surface area contributed by atoms with E-state index in [0.717, 1.165) is 5.56 Å². The summed E-state index contributed by atoms with van der Waals surface area (Å²) in [5.41, 5.74) is 33.8. The van der Waals surface area contributed by atoms with Crippen LogP contribution in [0.5, 0.6) is 5.75 Å². The van der Waals surface area contributed by atoms with E-state index in [1.807, 2.05) is 0 Å². The first kappa shape index (κ1) is 41.3. The van der Waals surface area contributed by atoms with Gasteiger partial charge in [0.2, 0.25) is 17.7 Å². The minimum atomic E-state index is -1.04. The third-order valence-corrected chi connectivity index (χ3v) is 7.22. The van der Waals surface area contributed by atoms with Crippen molar-refractivity contribution in [3.05, 3.63) is 60.2 Å². The van der Waals surface area contributed by atoms with Crippen molar-refractivity contribution in [1.82, 2.24) is 16.0 Å². The number of rotatable bonds is 21. The summed E-state index contributed by atoms with van der Waals surface area (Å²) >= 11 is 0. The van der Waals surface area contributed by atoms with E-state index in [0.29, 0.717) is 24.3 Å². The van der Waals surface area contributed by atoms with Gasteiger partial charge < -0.3 is 55.1 Å². The molecule has 18 heteroatoms. The van der Waals surface area contributed by atoms with Crippen molar-refractivity contribution >= 4 is 47.3 Å². The second-order valence-corrected chi connectivity index (χ2v) is 11.8. The Labute approximate surface area is 297 Å². The Kier molecular flexibility index (Phi) is 17.7. The molecule has 3 amide bonds. The Bertz CT molecular complexity index is 1500. The van der Waals surface area contributed by atoms with E-state index in [1.54, 1.807) is 68.4 Å². The van der Waals surface area contributed by atoms with Gasteiger partial charge in [-0.2, -0.15) is 0 Å². The van der Waals surface area contributed by atoms with Crippen molar-refractivity contribution in [2.45, 2.75) is 64.2 Å². The molecule has 2 aromatic rings.